The molecule has 8 nitrogen and oxygen atoms in total. The minimum absolute atomic E-state index is 0.0866. The van der Waals surface area contributed by atoms with Gasteiger partial charge < -0.3 is 24.3 Å². The third-order valence-electron chi connectivity index (χ3n) is 5.76. The van der Waals surface area contributed by atoms with Crippen LogP contribution in [0.4, 0.5) is 4.79 Å². The van der Waals surface area contributed by atoms with E-state index in [1.807, 2.05) is 11.8 Å². The predicted octanol–water partition coefficient (Wildman–Crippen LogP) is 1.37. The van der Waals surface area contributed by atoms with Crippen molar-refractivity contribution >= 4 is 17.8 Å². The molecule has 29 heavy (non-hydrogen) atoms. The highest BCUT2D eigenvalue weighted by atomic mass is 16.5. The third-order valence-corrected chi connectivity index (χ3v) is 5.76. The Balaban J connectivity index is 1.88. The fourth-order valence-electron chi connectivity index (χ4n) is 4.28. The molecule has 0 aromatic heterocycles. The van der Waals surface area contributed by atoms with Gasteiger partial charge in [-0.15, -0.1) is 0 Å². The number of ether oxygens (including phenoxy) is 1. The van der Waals surface area contributed by atoms with Crippen LogP contribution in [0.2, 0.25) is 0 Å². The zero-order chi connectivity index (χ0) is 21.2. The first-order chi connectivity index (χ1) is 13.8. The number of benzene rings is 1. The van der Waals surface area contributed by atoms with Gasteiger partial charge in [-0.25, -0.2) is 4.79 Å². The van der Waals surface area contributed by atoms with Crippen molar-refractivity contribution in [3.63, 3.8) is 0 Å². The highest BCUT2D eigenvalue weighted by Crippen LogP contribution is 2.35. The summed E-state index contributed by atoms with van der Waals surface area (Å²) in [6.45, 7) is 4.96. The van der Waals surface area contributed by atoms with Crippen LogP contribution >= 0.6 is 0 Å². The van der Waals surface area contributed by atoms with Gasteiger partial charge in [0.1, 0.15) is 5.75 Å². The smallest absolute Gasteiger partial charge is 0.319 e. The van der Waals surface area contributed by atoms with Crippen molar-refractivity contribution in [3.8, 4) is 5.75 Å². The molecular formula is C21H30N4O4. The van der Waals surface area contributed by atoms with Crippen molar-refractivity contribution in [1.82, 2.24) is 19.6 Å². The summed E-state index contributed by atoms with van der Waals surface area (Å²) in [6, 6.07) is 6.94. The van der Waals surface area contributed by atoms with Crippen LogP contribution in [0.15, 0.2) is 24.3 Å². The van der Waals surface area contributed by atoms with E-state index in [2.05, 4.69) is 0 Å². The first kappa shape index (κ1) is 21.0. The molecule has 0 saturated carbocycles. The predicted molar refractivity (Wildman–Crippen MR) is 109 cm³/mol. The lowest BCUT2D eigenvalue weighted by Gasteiger charge is -2.34. The van der Waals surface area contributed by atoms with Crippen LogP contribution in [0, 0.1) is 5.41 Å². The first-order valence-electron chi connectivity index (χ1n) is 9.96. The molecule has 0 N–H and O–H groups in total. The van der Waals surface area contributed by atoms with Crippen molar-refractivity contribution in [1.29, 1.82) is 0 Å². The number of hydrogen-bond acceptors (Lipinski definition) is 4. The summed E-state index contributed by atoms with van der Waals surface area (Å²) >= 11 is 0. The molecule has 1 aromatic rings. The molecule has 2 aliphatic rings. The molecule has 1 spiro atoms. The Morgan fingerprint density at radius 3 is 2.24 bits per heavy atom. The summed E-state index contributed by atoms with van der Waals surface area (Å²) in [5.41, 5.74) is 0.127. The van der Waals surface area contributed by atoms with E-state index < -0.39 is 5.41 Å². The summed E-state index contributed by atoms with van der Waals surface area (Å²) in [5, 5.41) is 0. The Hall–Kier alpha value is -2.77. The van der Waals surface area contributed by atoms with Gasteiger partial charge in [-0.3, -0.25) is 9.59 Å². The van der Waals surface area contributed by atoms with Gasteiger partial charge >= 0.3 is 6.03 Å². The van der Waals surface area contributed by atoms with Gasteiger partial charge in [0.05, 0.1) is 7.11 Å². The van der Waals surface area contributed by atoms with Crippen LogP contribution in [-0.4, -0.2) is 97.9 Å². The van der Waals surface area contributed by atoms with E-state index in [1.165, 1.54) is 0 Å². The molecule has 1 unspecified atom stereocenters. The lowest BCUT2D eigenvalue weighted by atomic mass is 9.85. The summed E-state index contributed by atoms with van der Waals surface area (Å²) < 4.78 is 5.17. The molecule has 158 valence electrons. The molecule has 3 rings (SSSR count). The van der Waals surface area contributed by atoms with E-state index in [9.17, 15) is 14.4 Å². The summed E-state index contributed by atoms with van der Waals surface area (Å²) in [7, 11) is 5.03. The Kier molecular flexibility index (Phi) is 6.00. The number of rotatable bonds is 3. The highest BCUT2D eigenvalue weighted by molar-refractivity contribution is 5.94. The van der Waals surface area contributed by atoms with Crippen molar-refractivity contribution in [3.05, 3.63) is 29.8 Å². The molecule has 0 aliphatic carbocycles. The van der Waals surface area contributed by atoms with Crippen molar-refractivity contribution in [2.24, 2.45) is 5.41 Å². The Morgan fingerprint density at radius 2 is 1.69 bits per heavy atom. The molecule has 1 aromatic carbocycles. The number of urea groups is 1. The van der Waals surface area contributed by atoms with Crippen LogP contribution < -0.4 is 4.74 Å². The summed E-state index contributed by atoms with van der Waals surface area (Å²) in [6.07, 6.45) is 0.352. The summed E-state index contributed by atoms with van der Waals surface area (Å²) in [4.78, 5) is 45.3. The van der Waals surface area contributed by atoms with E-state index in [-0.39, 0.29) is 17.8 Å². The van der Waals surface area contributed by atoms with Gasteiger partial charge in [0.2, 0.25) is 5.91 Å². The van der Waals surface area contributed by atoms with E-state index in [0.717, 1.165) is 0 Å². The first-order valence-corrected chi connectivity index (χ1v) is 9.96. The number of hydrogen-bond donors (Lipinski definition) is 0. The Labute approximate surface area is 172 Å². The highest BCUT2D eigenvalue weighted by Gasteiger charge is 2.47. The van der Waals surface area contributed by atoms with Crippen LogP contribution in [0.5, 0.6) is 5.75 Å². The lowest BCUT2D eigenvalue weighted by molar-refractivity contribution is -0.127. The fourth-order valence-corrected chi connectivity index (χ4v) is 4.28. The number of likely N-dealkylation sites (tertiary alicyclic amines) is 1. The van der Waals surface area contributed by atoms with E-state index >= 15 is 0 Å². The van der Waals surface area contributed by atoms with Crippen LogP contribution in [-0.2, 0) is 4.79 Å². The Morgan fingerprint density at radius 1 is 1.07 bits per heavy atom. The third kappa shape index (κ3) is 4.31. The lowest BCUT2D eigenvalue weighted by Crippen LogP contribution is -2.47. The maximum absolute atomic E-state index is 13.2. The zero-order valence-electron chi connectivity index (χ0n) is 17.7. The molecule has 2 heterocycles. The fraction of sp³-hybridized carbons (Fsp3) is 0.571. The number of methoxy groups -OCH3 is 1. The molecule has 0 bridgehead atoms. The molecule has 8 heteroatoms. The number of nitrogens with zero attached hydrogens (tertiary/aromatic N) is 4. The van der Waals surface area contributed by atoms with Gasteiger partial charge in [-0.1, -0.05) is 0 Å². The van der Waals surface area contributed by atoms with E-state index in [0.29, 0.717) is 57.0 Å². The molecule has 2 saturated heterocycles. The van der Waals surface area contributed by atoms with Gasteiger partial charge in [0, 0.05) is 70.8 Å². The van der Waals surface area contributed by atoms with Gasteiger partial charge in [-0.2, -0.15) is 0 Å². The largest absolute Gasteiger partial charge is 0.497 e. The molecule has 0 radical (unpaired) electrons. The minimum atomic E-state index is -0.447. The molecular weight excluding hydrogens is 372 g/mol. The Bertz CT molecular complexity index is 779. The second-order valence-corrected chi connectivity index (χ2v) is 8.14. The van der Waals surface area contributed by atoms with Crippen LogP contribution in [0.1, 0.15) is 23.7 Å². The summed E-state index contributed by atoms with van der Waals surface area (Å²) in [5.74, 6) is 0.689. The second kappa shape index (κ2) is 8.31. The standard InChI is InChI=1S/C21H30N4O4/c1-5-23-13-21(12-18(23)26)14-24(10-11-25(15-21)20(28)22(2)3)19(27)16-6-8-17(29-4)9-7-16/h6-9H,5,10-15H2,1-4H3. The van der Waals surface area contributed by atoms with E-state index in [4.69, 9.17) is 4.74 Å². The minimum Gasteiger partial charge on any atom is -0.497 e. The normalized spacial score (nSPS) is 22.1. The maximum Gasteiger partial charge on any atom is 0.319 e. The molecule has 4 amide bonds. The number of amides is 4. The second-order valence-electron chi connectivity index (χ2n) is 8.14. The topological polar surface area (TPSA) is 73.4 Å². The average Bonchev–Trinajstić information content (AvgIpc) is 2.91. The molecule has 2 fully saturated rings. The van der Waals surface area contributed by atoms with Crippen molar-refractivity contribution in [2.75, 3.05) is 60.5 Å². The van der Waals surface area contributed by atoms with E-state index in [1.54, 1.807) is 60.2 Å². The maximum atomic E-state index is 13.2. The van der Waals surface area contributed by atoms with Crippen LogP contribution in [0.25, 0.3) is 0 Å². The SMILES string of the molecule is CCN1CC2(CC1=O)CN(C(=O)c1ccc(OC)cc1)CCN(C(=O)N(C)C)C2. The zero-order valence-corrected chi connectivity index (χ0v) is 17.7. The van der Waals surface area contributed by atoms with Gasteiger partial charge in [0.25, 0.3) is 5.91 Å². The van der Waals surface area contributed by atoms with Crippen LogP contribution in [0.3, 0.4) is 0 Å². The molecule has 2 aliphatic heterocycles. The van der Waals surface area contributed by atoms with Gasteiger partial charge in [0.15, 0.2) is 0 Å². The van der Waals surface area contributed by atoms with Crippen molar-refractivity contribution < 1.29 is 19.1 Å². The monoisotopic (exact) mass is 402 g/mol. The van der Waals surface area contributed by atoms with Crippen molar-refractivity contribution in [2.45, 2.75) is 13.3 Å². The number of carbonyl (C=O) groups excluding carboxylic acids is 3. The quantitative estimate of drug-likeness (QED) is 0.766. The average molecular weight is 402 g/mol. The van der Waals surface area contributed by atoms with Gasteiger partial charge in [-0.05, 0) is 31.2 Å². The molecule has 1 atom stereocenters. The number of carbonyl (C=O) groups is 3.